The molecule has 1 heterocycles. The van der Waals surface area contributed by atoms with Gasteiger partial charge in [-0.05, 0) is 61.7 Å². The van der Waals surface area contributed by atoms with Crippen molar-refractivity contribution in [2.24, 2.45) is 5.73 Å². The fourth-order valence-corrected chi connectivity index (χ4v) is 3.20. The van der Waals surface area contributed by atoms with Crippen LogP contribution >= 0.6 is 0 Å². The molecule has 1 saturated heterocycles. The first kappa shape index (κ1) is 18.4. The van der Waals surface area contributed by atoms with Gasteiger partial charge in [0.1, 0.15) is 17.3 Å². The average Bonchev–Trinajstić information content (AvgIpc) is 2.94. The van der Waals surface area contributed by atoms with Crippen LogP contribution in [-0.2, 0) is 6.42 Å². The Kier molecular flexibility index (Phi) is 6.23. The van der Waals surface area contributed by atoms with Crippen molar-refractivity contribution < 1.29 is 13.9 Å². The van der Waals surface area contributed by atoms with Crippen LogP contribution in [0, 0.1) is 5.82 Å². The molecule has 0 atom stereocenters. The smallest absolute Gasteiger partial charge is 0.256 e. The molecule has 0 unspecified atom stereocenters. The van der Waals surface area contributed by atoms with E-state index in [-0.39, 0.29) is 11.5 Å². The minimum atomic E-state index is -0.509. The molecule has 0 saturated carbocycles. The molecule has 1 aliphatic rings. The first-order valence-electron chi connectivity index (χ1n) is 9.23. The Labute approximate surface area is 153 Å². The van der Waals surface area contributed by atoms with Gasteiger partial charge in [-0.2, -0.15) is 0 Å². The van der Waals surface area contributed by atoms with E-state index in [9.17, 15) is 9.18 Å². The van der Waals surface area contributed by atoms with Crippen molar-refractivity contribution in [3.8, 4) is 11.5 Å². The Morgan fingerprint density at radius 3 is 2.31 bits per heavy atom. The first-order valence-corrected chi connectivity index (χ1v) is 9.23. The zero-order valence-electron chi connectivity index (χ0n) is 14.9. The molecule has 0 bridgehead atoms. The summed E-state index contributed by atoms with van der Waals surface area (Å²) in [5, 5.41) is 0. The number of nitrogens with two attached hydrogens (primary N) is 1. The molecule has 4 nitrogen and oxygen atoms in total. The van der Waals surface area contributed by atoms with Crippen LogP contribution in [0.25, 0.3) is 0 Å². The highest BCUT2D eigenvalue weighted by Gasteiger charge is 2.21. The van der Waals surface area contributed by atoms with E-state index in [0.717, 1.165) is 37.7 Å². The number of nitrogens with zero attached hydrogens (tertiary/aromatic N) is 1. The molecule has 2 N–H and O–H groups in total. The number of likely N-dealkylation sites (tertiary alicyclic amines) is 1. The molecular formula is C21H25FN2O2. The van der Waals surface area contributed by atoms with Crippen LogP contribution in [0.5, 0.6) is 11.5 Å². The Hall–Kier alpha value is -2.40. The highest BCUT2D eigenvalue weighted by molar-refractivity contribution is 5.95. The molecule has 3 rings (SSSR count). The van der Waals surface area contributed by atoms with E-state index in [1.807, 2.05) is 24.3 Å². The molecule has 1 aliphatic heterocycles. The third kappa shape index (κ3) is 4.61. The maximum Gasteiger partial charge on any atom is 0.256 e. The number of halogens is 1. The molecule has 0 aliphatic carbocycles. The lowest BCUT2D eigenvalue weighted by Crippen LogP contribution is -2.32. The number of benzene rings is 2. The Bertz CT molecular complexity index is 738. The van der Waals surface area contributed by atoms with Gasteiger partial charge in [0.2, 0.25) is 0 Å². The van der Waals surface area contributed by atoms with Crippen molar-refractivity contribution in [2.45, 2.75) is 32.1 Å². The predicted molar refractivity (Wildman–Crippen MR) is 100 cm³/mol. The third-order valence-corrected chi connectivity index (χ3v) is 4.65. The van der Waals surface area contributed by atoms with Gasteiger partial charge in [0.25, 0.3) is 5.91 Å². The van der Waals surface area contributed by atoms with Gasteiger partial charge in [0, 0.05) is 13.1 Å². The largest absolute Gasteiger partial charge is 0.457 e. The molecule has 5 heteroatoms. The normalized spacial score (nSPS) is 14.8. The van der Waals surface area contributed by atoms with Crippen LogP contribution in [0.2, 0.25) is 0 Å². The second kappa shape index (κ2) is 8.81. The summed E-state index contributed by atoms with van der Waals surface area (Å²) in [6.07, 6.45) is 4.99. The first-order chi connectivity index (χ1) is 12.7. The second-order valence-corrected chi connectivity index (χ2v) is 6.63. The van der Waals surface area contributed by atoms with E-state index >= 15 is 0 Å². The van der Waals surface area contributed by atoms with E-state index in [1.54, 1.807) is 11.0 Å². The predicted octanol–water partition coefficient (Wildman–Crippen LogP) is 4.14. The maximum absolute atomic E-state index is 14.2. The van der Waals surface area contributed by atoms with Crippen LogP contribution in [0.15, 0.2) is 42.5 Å². The number of hydrogen-bond acceptors (Lipinski definition) is 3. The number of carbonyl (C=O) groups excluding carboxylic acids is 1. The van der Waals surface area contributed by atoms with Gasteiger partial charge in [0.05, 0.1) is 5.56 Å². The van der Waals surface area contributed by atoms with Crippen LogP contribution < -0.4 is 10.5 Å². The van der Waals surface area contributed by atoms with E-state index in [0.29, 0.717) is 31.1 Å². The van der Waals surface area contributed by atoms with E-state index in [1.165, 1.54) is 12.1 Å². The number of rotatable bonds is 5. The molecule has 138 valence electrons. The SMILES string of the molecule is NCCc1ccc(Oc2ccc(F)c(C(=O)N3CCCCCC3)c2)cc1. The number of ether oxygens (including phenoxy) is 1. The summed E-state index contributed by atoms with van der Waals surface area (Å²) in [6.45, 7) is 1.97. The fourth-order valence-electron chi connectivity index (χ4n) is 3.20. The molecule has 2 aromatic carbocycles. The third-order valence-electron chi connectivity index (χ3n) is 4.65. The second-order valence-electron chi connectivity index (χ2n) is 6.63. The maximum atomic E-state index is 14.2. The van der Waals surface area contributed by atoms with E-state index < -0.39 is 5.82 Å². The van der Waals surface area contributed by atoms with Crippen molar-refractivity contribution in [3.05, 3.63) is 59.4 Å². The minimum Gasteiger partial charge on any atom is -0.457 e. The lowest BCUT2D eigenvalue weighted by Gasteiger charge is -2.21. The molecule has 1 amide bonds. The Morgan fingerprint density at radius 1 is 1.00 bits per heavy atom. The van der Waals surface area contributed by atoms with Crippen molar-refractivity contribution >= 4 is 5.91 Å². The lowest BCUT2D eigenvalue weighted by molar-refractivity contribution is 0.0756. The summed E-state index contributed by atoms with van der Waals surface area (Å²) in [5.74, 6) is 0.333. The zero-order chi connectivity index (χ0) is 18.4. The van der Waals surface area contributed by atoms with Crippen molar-refractivity contribution in [1.29, 1.82) is 0 Å². The van der Waals surface area contributed by atoms with Gasteiger partial charge in [-0.25, -0.2) is 4.39 Å². The summed E-state index contributed by atoms with van der Waals surface area (Å²) in [4.78, 5) is 14.5. The van der Waals surface area contributed by atoms with Gasteiger partial charge < -0.3 is 15.4 Å². The van der Waals surface area contributed by atoms with Crippen LogP contribution in [0.3, 0.4) is 0 Å². The molecule has 2 aromatic rings. The lowest BCUT2D eigenvalue weighted by atomic mass is 10.1. The summed E-state index contributed by atoms with van der Waals surface area (Å²) in [6, 6.07) is 11.9. The van der Waals surface area contributed by atoms with Gasteiger partial charge in [-0.1, -0.05) is 25.0 Å². The monoisotopic (exact) mass is 356 g/mol. The zero-order valence-corrected chi connectivity index (χ0v) is 14.9. The van der Waals surface area contributed by atoms with Crippen LogP contribution in [-0.4, -0.2) is 30.4 Å². The van der Waals surface area contributed by atoms with E-state index in [4.69, 9.17) is 10.5 Å². The summed E-state index contributed by atoms with van der Waals surface area (Å²) < 4.78 is 20.0. The minimum absolute atomic E-state index is 0.0733. The van der Waals surface area contributed by atoms with Crippen molar-refractivity contribution in [1.82, 2.24) is 4.90 Å². The molecule has 1 fully saturated rings. The highest BCUT2D eigenvalue weighted by atomic mass is 19.1. The molecular weight excluding hydrogens is 331 g/mol. The van der Waals surface area contributed by atoms with Crippen LogP contribution in [0.4, 0.5) is 4.39 Å². The van der Waals surface area contributed by atoms with Crippen molar-refractivity contribution in [3.63, 3.8) is 0 Å². The molecule has 26 heavy (non-hydrogen) atoms. The summed E-state index contributed by atoms with van der Waals surface area (Å²) in [7, 11) is 0. The quantitative estimate of drug-likeness (QED) is 0.876. The summed E-state index contributed by atoms with van der Waals surface area (Å²) >= 11 is 0. The molecule has 0 aromatic heterocycles. The fraction of sp³-hybridized carbons (Fsp3) is 0.381. The van der Waals surface area contributed by atoms with Gasteiger partial charge in [-0.15, -0.1) is 0 Å². The van der Waals surface area contributed by atoms with Crippen LogP contribution in [0.1, 0.15) is 41.6 Å². The van der Waals surface area contributed by atoms with E-state index in [2.05, 4.69) is 0 Å². The molecule has 0 spiro atoms. The number of carbonyl (C=O) groups is 1. The van der Waals surface area contributed by atoms with Gasteiger partial charge in [0.15, 0.2) is 0 Å². The van der Waals surface area contributed by atoms with Gasteiger partial charge >= 0.3 is 0 Å². The topological polar surface area (TPSA) is 55.6 Å². The summed E-state index contributed by atoms with van der Waals surface area (Å²) in [5.41, 5.74) is 6.76. The number of hydrogen-bond donors (Lipinski definition) is 1. The average molecular weight is 356 g/mol. The molecule has 0 radical (unpaired) electrons. The Morgan fingerprint density at radius 2 is 1.65 bits per heavy atom. The van der Waals surface area contributed by atoms with Gasteiger partial charge in [-0.3, -0.25) is 4.79 Å². The Balaban J connectivity index is 1.75. The van der Waals surface area contributed by atoms with Crippen molar-refractivity contribution in [2.75, 3.05) is 19.6 Å². The number of amides is 1. The standard InChI is InChI=1S/C21H25FN2O2/c22-20-10-9-18(26-17-7-5-16(6-8-17)11-12-23)15-19(20)21(25)24-13-3-1-2-4-14-24/h5-10,15H,1-4,11-14,23H2. The highest BCUT2D eigenvalue weighted by Crippen LogP contribution is 2.25.